The highest BCUT2D eigenvalue weighted by atomic mass is 19.1. The number of nitrogens with one attached hydrogen (secondary N) is 1. The van der Waals surface area contributed by atoms with Crippen LogP contribution < -0.4 is 5.32 Å². The van der Waals surface area contributed by atoms with Crippen LogP contribution in [-0.4, -0.2) is 40.5 Å². The zero-order chi connectivity index (χ0) is 22.0. The van der Waals surface area contributed by atoms with Crippen molar-refractivity contribution in [3.63, 3.8) is 0 Å². The third-order valence-electron chi connectivity index (χ3n) is 5.59. The molecule has 0 saturated heterocycles. The van der Waals surface area contributed by atoms with E-state index in [2.05, 4.69) is 22.4 Å². The van der Waals surface area contributed by atoms with Gasteiger partial charge in [0.15, 0.2) is 0 Å². The molecule has 0 radical (unpaired) electrons. The molecule has 4 rings (SSSR count). The van der Waals surface area contributed by atoms with Crippen molar-refractivity contribution in [1.82, 2.24) is 10.3 Å². The summed E-state index contributed by atoms with van der Waals surface area (Å²) in [6, 6.07) is 17.1. The fourth-order valence-electron chi connectivity index (χ4n) is 3.99. The van der Waals surface area contributed by atoms with Crippen LogP contribution in [0.5, 0.6) is 0 Å². The largest absolute Gasteiger partial charge is 0.449 e. The Morgan fingerprint density at radius 2 is 1.74 bits per heavy atom. The van der Waals surface area contributed by atoms with E-state index in [4.69, 9.17) is 4.74 Å². The van der Waals surface area contributed by atoms with Crippen LogP contribution in [0.25, 0.3) is 11.1 Å². The average molecular weight is 422 g/mol. The highest BCUT2D eigenvalue weighted by Gasteiger charge is 2.29. The van der Waals surface area contributed by atoms with Crippen molar-refractivity contribution in [3.8, 4) is 11.1 Å². The second-order valence-corrected chi connectivity index (χ2v) is 7.58. The lowest BCUT2D eigenvalue weighted by molar-refractivity contribution is 0.0179. The number of halogens is 1. The summed E-state index contributed by atoms with van der Waals surface area (Å²) in [6.45, 7) is 1.55. The lowest BCUT2D eigenvalue weighted by Crippen LogP contribution is -2.36. The Kier molecular flexibility index (Phi) is 5.97. The second kappa shape index (κ2) is 8.83. The Labute approximate surface area is 179 Å². The normalized spacial score (nSPS) is 14.5. The molecule has 0 fully saturated rings. The maximum absolute atomic E-state index is 13.4. The monoisotopic (exact) mass is 422 g/mol. The van der Waals surface area contributed by atoms with Gasteiger partial charge < -0.3 is 20.3 Å². The summed E-state index contributed by atoms with van der Waals surface area (Å²) in [5.74, 6) is -0.826. The second-order valence-electron chi connectivity index (χ2n) is 7.58. The standard InChI is InChI=1S/C24H23FN2O4/c1-14-11-26-22(25)10-19(14)23(29)21(28)12-27-24(30)31-13-20-17-8-4-2-6-15(17)16-7-3-5-9-18(16)20/h2-11,20-21,23,28-29H,12-13H2,1H3,(H,27,30). The van der Waals surface area contributed by atoms with Gasteiger partial charge in [0.2, 0.25) is 5.95 Å². The number of alkyl carbamates (subject to hydrolysis) is 1. The molecule has 3 aromatic rings. The maximum Gasteiger partial charge on any atom is 0.407 e. The highest BCUT2D eigenvalue weighted by molar-refractivity contribution is 5.79. The van der Waals surface area contributed by atoms with Crippen molar-refractivity contribution in [2.24, 2.45) is 0 Å². The van der Waals surface area contributed by atoms with Crippen molar-refractivity contribution in [2.75, 3.05) is 13.2 Å². The maximum atomic E-state index is 13.4. The van der Waals surface area contributed by atoms with E-state index < -0.39 is 24.2 Å². The molecule has 31 heavy (non-hydrogen) atoms. The predicted molar refractivity (Wildman–Crippen MR) is 113 cm³/mol. The smallest absolute Gasteiger partial charge is 0.407 e. The number of aryl methyl sites for hydroxylation is 1. The molecule has 2 atom stereocenters. The van der Waals surface area contributed by atoms with E-state index in [1.807, 2.05) is 36.4 Å². The molecule has 2 unspecified atom stereocenters. The van der Waals surface area contributed by atoms with Gasteiger partial charge in [-0.1, -0.05) is 48.5 Å². The molecular weight excluding hydrogens is 399 g/mol. The van der Waals surface area contributed by atoms with Crippen LogP contribution in [0.3, 0.4) is 0 Å². The summed E-state index contributed by atoms with van der Waals surface area (Å²) >= 11 is 0. The molecule has 1 aliphatic carbocycles. The quantitative estimate of drug-likeness (QED) is 0.529. The van der Waals surface area contributed by atoms with Crippen LogP contribution in [0.2, 0.25) is 0 Å². The number of benzene rings is 2. The number of aromatic nitrogens is 1. The first-order valence-corrected chi connectivity index (χ1v) is 10.0. The molecule has 1 aliphatic rings. The first-order chi connectivity index (χ1) is 15.0. The van der Waals surface area contributed by atoms with Crippen molar-refractivity contribution >= 4 is 6.09 Å². The first-order valence-electron chi connectivity index (χ1n) is 10.0. The molecule has 160 valence electrons. The molecule has 1 amide bonds. The molecule has 0 bridgehead atoms. The van der Waals surface area contributed by atoms with Crippen LogP contribution in [-0.2, 0) is 4.74 Å². The predicted octanol–water partition coefficient (Wildman–Crippen LogP) is 3.46. The number of carbonyl (C=O) groups is 1. The number of fused-ring (bicyclic) bond motifs is 3. The summed E-state index contributed by atoms with van der Waals surface area (Å²) in [4.78, 5) is 15.7. The van der Waals surface area contributed by atoms with Crippen molar-refractivity contribution in [1.29, 1.82) is 0 Å². The van der Waals surface area contributed by atoms with Gasteiger partial charge >= 0.3 is 6.09 Å². The molecule has 3 N–H and O–H groups in total. The lowest BCUT2D eigenvalue weighted by Gasteiger charge is -2.20. The Hall–Kier alpha value is -3.29. The third kappa shape index (κ3) is 4.28. The van der Waals surface area contributed by atoms with Crippen molar-refractivity contribution < 1.29 is 24.1 Å². The van der Waals surface area contributed by atoms with Crippen molar-refractivity contribution in [3.05, 3.63) is 89.0 Å². The molecule has 6 nitrogen and oxygen atoms in total. The van der Waals surface area contributed by atoms with E-state index in [-0.39, 0.29) is 24.6 Å². The minimum absolute atomic E-state index is 0.0730. The van der Waals surface area contributed by atoms with Crippen molar-refractivity contribution in [2.45, 2.75) is 25.0 Å². The molecule has 1 aromatic heterocycles. The summed E-state index contributed by atoms with van der Waals surface area (Å²) < 4.78 is 18.8. The number of amides is 1. The van der Waals surface area contributed by atoms with Crippen LogP contribution in [0.4, 0.5) is 9.18 Å². The number of hydrogen-bond donors (Lipinski definition) is 3. The van der Waals surface area contributed by atoms with Crippen LogP contribution in [0, 0.1) is 12.9 Å². The summed E-state index contributed by atoms with van der Waals surface area (Å²) in [6.07, 6.45) is -2.13. The number of pyridine rings is 1. The molecule has 0 aliphatic heterocycles. The zero-order valence-electron chi connectivity index (χ0n) is 17.0. The Morgan fingerprint density at radius 1 is 1.13 bits per heavy atom. The van der Waals surface area contributed by atoms with Gasteiger partial charge in [-0.05, 0) is 46.4 Å². The van der Waals surface area contributed by atoms with E-state index in [0.717, 1.165) is 28.3 Å². The van der Waals surface area contributed by atoms with E-state index in [9.17, 15) is 19.4 Å². The molecule has 7 heteroatoms. The fraction of sp³-hybridized carbons (Fsp3) is 0.250. The fourth-order valence-corrected chi connectivity index (χ4v) is 3.99. The number of aliphatic hydroxyl groups is 2. The average Bonchev–Trinajstić information content (AvgIpc) is 3.11. The third-order valence-corrected chi connectivity index (χ3v) is 5.59. The van der Waals surface area contributed by atoms with Gasteiger partial charge in [0.25, 0.3) is 0 Å². The van der Waals surface area contributed by atoms with E-state index in [1.54, 1.807) is 6.92 Å². The van der Waals surface area contributed by atoms with E-state index in [1.165, 1.54) is 6.20 Å². The molecule has 1 heterocycles. The zero-order valence-corrected chi connectivity index (χ0v) is 17.0. The Balaban J connectivity index is 1.35. The Bertz CT molecular complexity index is 1060. The van der Waals surface area contributed by atoms with Crippen LogP contribution >= 0.6 is 0 Å². The number of hydrogen-bond acceptors (Lipinski definition) is 5. The van der Waals surface area contributed by atoms with Gasteiger partial charge in [-0.2, -0.15) is 4.39 Å². The number of rotatable bonds is 6. The molecule has 2 aromatic carbocycles. The topological polar surface area (TPSA) is 91.7 Å². The number of ether oxygens (including phenoxy) is 1. The minimum Gasteiger partial charge on any atom is -0.449 e. The molecular formula is C24H23FN2O4. The molecule has 0 spiro atoms. The van der Waals surface area contributed by atoms with Gasteiger partial charge in [0.05, 0.1) is 0 Å². The Morgan fingerprint density at radius 3 is 2.39 bits per heavy atom. The van der Waals surface area contributed by atoms with Crippen LogP contribution in [0.15, 0.2) is 60.8 Å². The van der Waals surface area contributed by atoms with Gasteiger partial charge in [0, 0.05) is 18.7 Å². The summed E-state index contributed by atoms with van der Waals surface area (Å²) in [5.41, 5.74) is 5.21. The van der Waals surface area contributed by atoms with Gasteiger partial charge in [-0.3, -0.25) is 0 Å². The highest BCUT2D eigenvalue weighted by Crippen LogP contribution is 2.44. The van der Waals surface area contributed by atoms with Crippen LogP contribution in [0.1, 0.15) is 34.3 Å². The lowest BCUT2D eigenvalue weighted by atomic mass is 9.98. The van der Waals surface area contributed by atoms with Gasteiger partial charge in [-0.15, -0.1) is 0 Å². The SMILES string of the molecule is Cc1cnc(F)cc1C(O)C(O)CNC(=O)OCC1c2ccccc2-c2ccccc21. The number of carbonyl (C=O) groups excluding carboxylic acids is 1. The van der Waals surface area contributed by atoms with E-state index >= 15 is 0 Å². The number of nitrogens with zero attached hydrogens (tertiary/aromatic N) is 1. The molecule has 0 saturated carbocycles. The summed E-state index contributed by atoms with van der Waals surface area (Å²) in [5, 5.41) is 23.0. The summed E-state index contributed by atoms with van der Waals surface area (Å²) in [7, 11) is 0. The first kappa shape index (κ1) is 21.0. The number of aliphatic hydroxyl groups excluding tert-OH is 2. The minimum atomic E-state index is -1.37. The van der Waals surface area contributed by atoms with E-state index in [0.29, 0.717) is 5.56 Å². The van der Waals surface area contributed by atoms with Gasteiger partial charge in [-0.25, -0.2) is 9.78 Å². The van der Waals surface area contributed by atoms with Gasteiger partial charge in [0.1, 0.15) is 18.8 Å².